The standard InChI is InChI=1S/C14H24N4O3/c1-12(9-18-11-15-10-16-18)14(19)17-5-3-13(4-6-17)21-8-7-20-2/h10-13H,3-9H2,1-2H3/t12-/m0/s1. The van der Waals surface area contributed by atoms with Crippen molar-refractivity contribution in [1.29, 1.82) is 0 Å². The Kier molecular flexibility index (Phi) is 6.13. The first-order chi connectivity index (χ1) is 10.2. The van der Waals surface area contributed by atoms with Crippen LogP contribution < -0.4 is 0 Å². The predicted molar refractivity (Wildman–Crippen MR) is 76.6 cm³/mol. The number of carbonyl (C=O) groups excluding carboxylic acids is 1. The van der Waals surface area contributed by atoms with E-state index in [-0.39, 0.29) is 17.9 Å². The number of carbonyl (C=O) groups is 1. The third-order valence-electron chi connectivity index (χ3n) is 3.74. The van der Waals surface area contributed by atoms with Gasteiger partial charge in [0, 0.05) is 20.2 Å². The summed E-state index contributed by atoms with van der Waals surface area (Å²) in [5, 5.41) is 4.04. The zero-order valence-corrected chi connectivity index (χ0v) is 12.8. The fraction of sp³-hybridized carbons (Fsp3) is 0.786. The van der Waals surface area contributed by atoms with E-state index in [2.05, 4.69) is 10.1 Å². The molecule has 1 aromatic heterocycles. The van der Waals surface area contributed by atoms with Crippen molar-refractivity contribution in [3.63, 3.8) is 0 Å². The van der Waals surface area contributed by atoms with E-state index in [1.54, 1.807) is 18.1 Å². The summed E-state index contributed by atoms with van der Waals surface area (Å²) in [7, 11) is 1.67. The highest BCUT2D eigenvalue weighted by atomic mass is 16.5. The van der Waals surface area contributed by atoms with Crippen LogP contribution in [0.25, 0.3) is 0 Å². The van der Waals surface area contributed by atoms with Crippen LogP contribution in [0.1, 0.15) is 19.8 Å². The van der Waals surface area contributed by atoms with Gasteiger partial charge >= 0.3 is 0 Å². The molecule has 7 heteroatoms. The van der Waals surface area contributed by atoms with Crippen LogP contribution in [0.5, 0.6) is 0 Å². The van der Waals surface area contributed by atoms with Gasteiger partial charge in [-0.25, -0.2) is 4.98 Å². The van der Waals surface area contributed by atoms with Crippen LogP contribution >= 0.6 is 0 Å². The zero-order valence-electron chi connectivity index (χ0n) is 12.8. The average molecular weight is 296 g/mol. The summed E-state index contributed by atoms with van der Waals surface area (Å²) in [6.45, 7) is 5.27. The first-order valence-corrected chi connectivity index (χ1v) is 7.42. The monoisotopic (exact) mass is 296 g/mol. The normalized spacial score (nSPS) is 17.9. The van der Waals surface area contributed by atoms with Gasteiger partial charge in [-0.05, 0) is 12.8 Å². The van der Waals surface area contributed by atoms with Crippen molar-refractivity contribution in [1.82, 2.24) is 19.7 Å². The van der Waals surface area contributed by atoms with Gasteiger partial charge in [-0.15, -0.1) is 0 Å². The number of ether oxygens (including phenoxy) is 2. The maximum Gasteiger partial charge on any atom is 0.227 e. The van der Waals surface area contributed by atoms with Gasteiger partial charge in [0.15, 0.2) is 0 Å². The Labute approximate surface area is 125 Å². The van der Waals surface area contributed by atoms with Crippen LogP contribution in [0.4, 0.5) is 0 Å². The summed E-state index contributed by atoms with van der Waals surface area (Å²) in [6, 6.07) is 0. The van der Waals surface area contributed by atoms with Gasteiger partial charge in [-0.3, -0.25) is 9.48 Å². The number of nitrogens with zero attached hydrogens (tertiary/aromatic N) is 4. The summed E-state index contributed by atoms with van der Waals surface area (Å²) in [4.78, 5) is 18.2. The fourth-order valence-corrected chi connectivity index (χ4v) is 2.54. The highest BCUT2D eigenvalue weighted by Crippen LogP contribution is 2.16. The van der Waals surface area contributed by atoms with E-state index in [0.717, 1.165) is 25.9 Å². The maximum atomic E-state index is 12.4. The Morgan fingerprint density at radius 1 is 1.38 bits per heavy atom. The second kappa shape index (κ2) is 8.09. The third-order valence-corrected chi connectivity index (χ3v) is 3.74. The van der Waals surface area contributed by atoms with Crippen molar-refractivity contribution in [2.45, 2.75) is 32.4 Å². The quantitative estimate of drug-likeness (QED) is 0.688. The topological polar surface area (TPSA) is 69.5 Å². The molecule has 0 spiro atoms. The van der Waals surface area contributed by atoms with Crippen LogP contribution in [0.3, 0.4) is 0 Å². The number of likely N-dealkylation sites (tertiary alicyclic amines) is 1. The molecule has 7 nitrogen and oxygen atoms in total. The number of methoxy groups -OCH3 is 1. The number of amides is 1. The van der Waals surface area contributed by atoms with Crippen LogP contribution in [-0.4, -0.2) is 65.1 Å². The van der Waals surface area contributed by atoms with Crippen LogP contribution in [0, 0.1) is 5.92 Å². The lowest BCUT2D eigenvalue weighted by molar-refractivity contribution is -0.138. The molecule has 1 aliphatic rings. The molecule has 1 fully saturated rings. The number of hydrogen-bond acceptors (Lipinski definition) is 5. The molecular weight excluding hydrogens is 272 g/mol. The van der Waals surface area contributed by atoms with E-state index < -0.39 is 0 Å². The Hall–Kier alpha value is -1.47. The van der Waals surface area contributed by atoms with Crippen molar-refractivity contribution in [2.75, 3.05) is 33.4 Å². The van der Waals surface area contributed by atoms with Gasteiger partial charge in [-0.2, -0.15) is 5.10 Å². The maximum absolute atomic E-state index is 12.4. The van der Waals surface area contributed by atoms with E-state index in [1.807, 2.05) is 11.8 Å². The number of hydrogen-bond donors (Lipinski definition) is 0. The Bertz CT molecular complexity index is 416. The van der Waals surface area contributed by atoms with Gasteiger partial charge in [-0.1, -0.05) is 6.92 Å². The third kappa shape index (κ3) is 4.78. The highest BCUT2D eigenvalue weighted by molar-refractivity contribution is 5.78. The second-order valence-electron chi connectivity index (χ2n) is 5.41. The Morgan fingerprint density at radius 2 is 2.14 bits per heavy atom. The molecule has 1 saturated heterocycles. The molecule has 1 aromatic rings. The number of aromatic nitrogens is 3. The zero-order chi connectivity index (χ0) is 15.1. The second-order valence-corrected chi connectivity index (χ2v) is 5.41. The summed E-state index contributed by atoms with van der Waals surface area (Å²) in [5.74, 6) is 0.0958. The highest BCUT2D eigenvalue weighted by Gasteiger charge is 2.26. The molecule has 0 aromatic carbocycles. The van der Waals surface area contributed by atoms with E-state index in [1.165, 1.54) is 6.33 Å². The Morgan fingerprint density at radius 3 is 2.76 bits per heavy atom. The first kappa shape index (κ1) is 15.9. The van der Waals surface area contributed by atoms with Gasteiger partial charge in [0.2, 0.25) is 5.91 Å². The molecule has 21 heavy (non-hydrogen) atoms. The van der Waals surface area contributed by atoms with E-state index in [4.69, 9.17) is 9.47 Å². The molecule has 0 saturated carbocycles. The lowest BCUT2D eigenvalue weighted by Crippen LogP contribution is -2.44. The van der Waals surface area contributed by atoms with E-state index in [9.17, 15) is 4.79 Å². The molecule has 1 amide bonds. The Balaban J connectivity index is 1.72. The van der Waals surface area contributed by atoms with Crippen molar-refractivity contribution in [3.05, 3.63) is 12.7 Å². The van der Waals surface area contributed by atoms with Crippen molar-refractivity contribution < 1.29 is 14.3 Å². The molecule has 2 rings (SSSR count). The smallest absolute Gasteiger partial charge is 0.227 e. The molecule has 1 aliphatic heterocycles. The van der Waals surface area contributed by atoms with Crippen molar-refractivity contribution in [3.8, 4) is 0 Å². The van der Waals surface area contributed by atoms with Crippen LogP contribution in [-0.2, 0) is 20.8 Å². The average Bonchev–Trinajstić information content (AvgIpc) is 3.00. The minimum Gasteiger partial charge on any atom is -0.382 e. The van der Waals surface area contributed by atoms with Crippen LogP contribution in [0.15, 0.2) is 12.7 Å². The summed E-state index contributed by atoms with van der Waals surface area (Å²) < 4.78 is 12.4. The molecule has 118 valence electrons. The van der Waals surface area contributed by atoms with Crippen molar-refractivity contribution in [2.24, 2.45) is 5.92 Å². The predicted octanol–water partition coefficient (Wildman–Crippen LogP) is 0.568. The lowest BCUT2D eigenvalue weighted by atomic mass is 10.0. The number of rotatable bonds is 7. The summed E-state index contributed by atoms with van der Waals surface area (Å²) >= 11 is 0. The molecule has 0 unspecified atom stereocenters. The number of piperidine rings is 1. The van der Waals surface area contributed by atoms with Gasteiger partial charge in [0.25, 0.3) is 0 Å². The minimum atomic E-state index is -0.0855. The molecule has 1 atom stereocenters. The summed E-state index contributed by atoms with van der Waals surface area (Å²) in [5.41, 5.74) is 0. The van der Waals surface area contributed by atoms with Gasteiger partial charge < -0.3 is 14.4 Å². The molecule has 0 bridgehead atoms. The lowest BCUT2D eigenvalue weighted by Gasteiger charge is -2.33. The molecule has 2 heterocycles. The van der Waals surface area contributed by atoms with Crippen LogP contribution in [0.2, 0.25) is 0 Å². The fourth-order valence-electron chi connectivity index (χ4n) is 2.54. The van der Waals surface area contributed by atoms with Gasteiger partial charge in [0.1, 0.15) is 12.7 Å². The van der Waals surface area contributed by atoms with Crippen molar-refractivity contribution >= 4 is 5.91 Å². The largest absolute Gasteiger partial charge is 0.382 e. The summed E-state index contributed by atoms with van der Waals surface area (Å²) in [6.07, 6.45) is 5.16. The molecule has 0 N–H and O–H groups in total. The molecule has 0 radical (unpaired) electrons. The SMILES string of the molecule is COCCOC1CCN(C(=O)[C@@H](C)Cn2cncn2)CC1. The minimum absolute atomic E-state index is 0.0855. The van der Waals surface area contributed by atoms with E-state index >= 15 is 0 Å². The molecule has 0 aliphatic carbocycles. The van der Waals surface area contributed by atoms with Gasteiger partial charge in [0.05, 0.1) is 31.8 Å². The first-order valence-electron chi connectivity index (χ1n) is 7.42. The molecular formula is C14H24N4O3. The van der Waals surface area contributed by atoms with E-state index in [0.29, 0.717) is 19.8 Å².